The molecule has 1 aromatic carbocycles. The lowest BCUT2D eigenvalue weighted by atomic mass is 10.2. The Bertz CT molecular complexity index is 200. The minimum absolute atomic E-state index is 0.274. The predicted molar refractivity (Wildman–Crippen MR) is 38.6 cm³/mol. The second-order valence-corrected chi connectivity index (χ2v) is 2.55. The Labute approximate surface area is 61.8 Å². The number of halogens is 2. The van der Waals surface area contributed by atoms with Gasteiger partial charge in [-0.05, 0) is 19.1 Å². The van der Waals surface area contributed by atoms with E-state index in [0.29, 0.717) is 10.0 Å². The first-order valence-corrected chi connectivity index (χ1v) is 3.27. The Morgan fingerprint density at radius 2 is 2.11 bits per heavy atom. The summed E-state index contributed by atoms with van der Waals surface area (Å²) in [6.45, 7) is 3.50. The lowest BCUT2D eigenvalue weighted by Gasteiger charge is -1.95. The van der Waals surface area contributed by atoms with Gasteiger partial charge in [0, 0.05) is 10.0 Å². The van der Waals surface area contributed by atoms with Gasteiger partial charge in [-0.2, -0.15) is 0 Å². The van der Waals surface area contributed by atoms with Crippen molar-refractivity contribution >= 4 is 15.9 Å². The highest BCUT2D eigenvalue weighted by molar-refractivity contribution is 9.10. The van der Waals surface area contributed by atoms with Crippen molar-refractivity contribution in [3.05, 3.63) is 41.0 Å². The fourth-order valence-electron chi connectivity index (χ4n) is 0.532. The molecule has 1 rings (SSSR count). The van der Waals surface area contributed by atoms with Gasteiger partial charge in [-0.25, -0.2) is 4.39 Å². The van der Waals surface area contributed by atoms with Crippen molar-refractivity contribution in [1.82, 2.24) is 0 Å². The maximum atomic E-state index is 12.5. The summed E-state index contributed by atoms with van der Waals surface area (Å²) in [4.78, 5) is 0. The van der Waals surface area contributed by atoms with Gasteiger partial charge in [0.15, 0.2) is 0 Å². The third-order valence-electron chi connectivity index (χ3n) is 1.06. The Morgan fingerprint density at radius 1 is 1.44 bits per heavy atom. The number of benzene rings is 1. The van der Waals surface area contributed by atoms with E-state index in [0.717, 1.165) is 0 Å². The van der Waals surface area contributed by atoms with Gasteiger partial charge in [0.25, 0.3) is 0 Å². The molecule has 0 unspecified atom stereocenters. The van der Waals surface area contributed by atoms with E-state index in [2.05, 4.69) is 22.9 Å². The van der Waals surface area contributed by atoms with Crippen LogP contribution >= 0.6 is 15.9 Å². The van der Waals surface area contributed by atoms with Crippen molar-refractivity contribution in [2.45, 2.75) is 0 Å². The summed E-state index contributed by atoms with van der Waals surface area (Å²) in [6, 6.07) is 4.77. The Balaban J connectivity index is 3.25. The molecule has 0 aromatic heterocycles. The lowest BCUT2D eigenvalue weighted by molar-refractivity contribution is 0.622. The van der Waals surface area contributed by atoms with E-state index in [1.807, 2.05) is 0 Å². The van der Waals surface area contributed by atoms with Crippen molar-refractivity contribution < 1.29 is 4.39 Å². The number of rotatable bonds is 0. The topological polar surface area (TPSA) is 0 Å². The molecule has 0 N–H and O–H groups in total. The van der Waals surface area contributed by atoms with Gasteiger partial charge in [0.05, 0.1) is 0 Å². The van der Waals surface area contributed by atoms with E-state index in [-0.39, 0.29) is 5.82 Å². The highest BCUT2D eigenvalue weighted by Crippen LogP contribution is 2.17. The van der Waals surface area contributed by atoms with Gasteiger partial charge in [0.2, 0.25) is 0 Å². The molecule has 0 saturated heterocycles. The Morgan fingerprint density at radius 3 is 2.56 bits per heavy atom. The van der Waals surface area contributed by atoms with Crippen LogP contribution in [0.15, 0.2) is 22.7 Å². The van der Waals surface area contributed by atoms with E-state index in [1.165, 1.54) is 6.07 Å². The average molecular weight is 188 g/mol. The molecular formula is C7H5BrF. The first kappa shape index (κ1) is 6.75. The predicted octanol–water partition coefficient (Wildman–Crippen LogP) is 2.77. The minimum Gasteiger partial charge on any atom is -0.207 e. The zero-order valence-electron chi connectivity index (χ0n) is 4.70. The molecule has 0 aliphatic heterocycles. The third kappa shape index (κ3) is 1.30. The Hall–Kier alpha value is -0.370. The molecule has 2 heteroatoms. The average Bonchev–Trinajstić information content (AvgIpc) is 1.83. The number of hydrogen-bond donors (Lipinski definition) is 0. The molecule has 0 aliphatic carbocycles. The Kier molecular flexibility index (Phi) is 1.86. The van der Waals surface area contributed by atoms with Crippen LogP contribution in [0.2, 0.25) is 0 Å². The normalized spacial score (nSPS) is 9.67. The third-order valence-corrected chi connectivity index (χ3v) is 1.80. The first-order valence-electron chi connectivity index (χ1n) is 2.48. The molecule has 0 spiro atoms. The van der Waals surface area contributed by atoms with Crippen molar-refractivity contribution in [3.63, 3.8) is 0 Å². The van der Waals surface area contributed by atoms with Crippen LogP contribution in [0.5, 0.6) is 0 Å². The summed E-state index contributed by atoms with van der Waals surface area (Å²) < 4.78 is 13.2. The van der Waals surface area contributed by atoms with Gasteiger partial charge in [-0.15, -0.1) is 0 Å². The van der Waals surface area contributed by atoms with Crippen LogP contribution in [-0.2, 0) is 0 Å². The summed E-state index contributed by atoms with van der Waals surface area (Å²) in [7, 11) is 0. The van der Waals surface area contributed by atoms with E-state index < -0.39 is 0 Å². The van der Waals surface area contributed by atoms with Crippen LogP contribution < -0.4 is 0 Å². The van der Waals surface area contributed by atoms with Crippen LogP contribution in [0, 0.1) is 12.7 Å². The standard InChI is InChI=1S/C7H5BrF/c1-5-6(8)3-2-4-7(5)9/h2-4H,1H2. The van der Waals surface area contributed by atoms with E-state index in [9.17, 15) is 4.39 Å². The molecule has 0 atom stereocenters. The second-order valence-electron chi connectivity index (χ2n) is 1.70. The second kappa shape index (κ2) is 2.48. The first-order chi connectivity index (χ1) is 4.22. The van der Waals surface area contributed by atoms with Crippen molar-refractivity contribution in [3.8, 4) is 0 Å². The summed E-state index contributed by atoms with van der Waals surface area (Å²) in [5.74, 6) is -0.274. The van der Waals surface area contributed by atoms with Crippen molar-refractivity contribution in [2.75, 3.05) is 0 Å². The molecule has 1 aromatic rings. The maximum absolute atomic E-state index is 12.5. The monoisotopic (exact) mass is 187 g/mol. The van der Waals surface area contributed by atoms with Crippen LogP contribution in [0.3, 0.4) is 0 Å². The fourth-order valence-corrected chi connectivity index (χ4v) is 0.874. The van der Waals surface area contributed by atoms with Crippen LogP contribution in [0.1, 0.15) is 5.56 Å². The molecular weight excluding hydrogens is 183 g/mol. The van der Waals surface area contributed by atoms with Crippen molar-refractivity contribution in [1.29, 1.82) is 0 Å². The summed E-state index contributed by atoms with van der Waals surface area (Å²) in [6.07, 6.45) is 0. The van der Waals surface area contributed by atoms with Crippen LogP contribution in [0.4, 0.5) is 4.39 Å². The SMILES string of the molecule is [CH2]c1c(F)cccc1Br. The van der Waals surface area contributed by atoms with E-state index in [4.69, 9.17) is 0 Å². The molecule has 0 saturated carbocycles. The molecule has 0 aliphatic rings. The number of hydrogen-bond acceptors (Lipinski definition) is 0. The van der Waals surface area contributed by atoms with Crippen LogP contribution in [-0.4, -0.2) is 0 Å². The summed E-state index contributed by atoms with van der Waals surface area (Å²) in [5, 5.41) is 0. The smallest absolute Gasteiger partial charge is 0.127 e. The fraction of sp³-hybridized carbons (Fsp3) is 0. The molecule has 0 amide bonds. The minimum atomic E-state index is -0.274. The highest BCUT2D eigenvalue weighted by Gasteiger charge is 1.97. The largest absolute Gasteiger partial charge is 0.207 e. The van der Waals surface area contributed by atoms with Gasteiger partial charge >= 0.3 is 0 Å². The molecule has 0 fully saturated rings. The molecule has 47 valence electrons. The molecule has 0 nitrogen and oxygen atoms in total. The van der Waals surface area contributed by atoms with Gasteiger partial charge in [0.1, 0.15) is 5.82 Å². The molecule has 9 heavy (non-hydrogen) atoms. The zero-order valence-corrected chi connectivity index (χ0v) is 6.28. The van der Waals surface area contributed by atoms with E-state index in [1.54, 1.807) is 12.1 Å². The molecule has 0 bridgehead atoms. The highest BCUT2D eigenvalue weighted by atomic mass is 79.9. The van der Waals surface area contributed by atoms with Gasteiger partial charge < -0.3 is 0 Å². The lowest BCUT2D eigenvalue weighted by Crippen LogP contribution is -1.80. The summed E-state index contributed by atoms with van der Waals surface area (Å²) in [5.41, 5.74) is 0.414. The maximum Gasteiger partial charge on any atom is 0.127 e. The van der Waals surface area contributed by atoms with Crippen molar-refractivity contribution in [2.24, 2.45) is 0 Å². The van der Waals surface area contributed by atoms with E-state index >= 15 is 0 Å². The summed E-state index contributed by atoms with van der Waals surface area (Å²) >= 11 is 3.14. The van der Waals surface area contributed by atoms with Crippen LogP contribution in [0.25, 0.3) is 0 Å². The van der Waals surface area contributed by atoms with Gasteiger partial charge in [-0.3, -0.25) is 0 Å². The quantitative estimate of drug-likeness (QED) is 0.587. The zero-order chi connectivity index (χ0) is 6.85. The molecule has 0 heterocycles. The van der Waals surface area contributed by atoms with Gasteiger partial charge in [-0.1, -0.05) is 22.0 Å². The molecule has 1 radical (unpaired) electrons.